The number of carbonyl (C=O) groups is 2. The average molecular weight is 956 g/mol. The molecule has 366 valence electrons. The lowest BCUT2D eigenvalue weighted by Crippen LogP contribution is -2.42. The summed E-state index contributed by atoms with van der Waals surface area (Å²) >= 11 is 0. The Morgan fingerprint density at radius 1 is 0.928 bits per heavy atom. The number of anilines is 1. The van der Waals surface area contributed by atoms with Crippen LogP contribution >= 0.6 is 0 Å². The summed E-state index contributed by atoms with van der Waals surface area (Å²) in [6, 6.07) is 9.84. The van der Waals surface area contributed by atoms with Gasteiger partial charge in [0.2, 0.25) is 5.91 Å². The van der Waals surface area contributed by atoms with Crippen molar-refractivity contribution in [1.82, 2.24) is 34.3 Å². The van der Waals surface area contributed by atoms with Crippen molar-refractivity contribution in [2.45, 2.75) is 89.8 Å². The molecule has 1 atom stereocenters. The highest BCUT2D eigenvalue weighted by Gasteiger charge is 2.35. The minimum atomic E-state index is -4.76. The Bertz CT molecular complexity index is 2810. The number of rotatable bonds is 14. The number of non-ortho nitro benzene ring substituents is 1. The Morgan fingerprint density at radius 2 is 1.64 bits per heavy atom. The molecule has 3 fully saturated rings. The molecule has 2 N–H and O–H groups in total. The van der Waals surface area contributed by atoms with E-state index < -0.39 is 39.6 Å². The molecule has 2 aliphatic heterocycles. The first-order valence-corrected chi connectivity index (χ1v) is 23.5. The third-order valence-corrected chi connectivity index (χ3v) is 13.9. The third-order valence-electron chi connectivity index (χ3n) is 13.9. The van der Waals surface area contributed by atoms with Crippen LogP contribution in [0.5, 0.6) is 5.75 Å². The van der Waals surface area contributed by atoms with Crippen molar-refractivity contribution in [2.75, 3.05) is 51.8 Å². The molecule has 69 heavy (non-hydrogen) atoms. The molecule has 5 heterocycles. The van der Waals surface area contributed by atoms with E-state index in [2.05, 4.69) is 20.3 Å². The number of hydrogen-bond acceptors (Lipinski definition) is 12. The molecule has 0 bridgehead atoms. The lowest BCUT2D eigenvalue weighted by Gasteiger charge is -2.36. The van der Waals surface area contributed by atoms with Crippen LogP contribution < -0.4 is 21.3 Å². The number of amides is 2. The van der Waals surface area contributed by atoms with Crippen LogP contribution in [-0.2, 0) is 15.7 Å². The molecule has 1 aliphatic carbocycles. The Kier molecular flexibility index (Phi) is 14.8. The molecule has 2 amide bonds. The number of carbonyl (C=O) groups excluding carboxylic acids is 2. The molecular weight excluding hydrogens is 900 g/mol. The number of nitrogens with one attached hydrogen (secondary N) is 2. The largest absolute Gasteiger partial charge is 0.495 e. The van der Waals surface area contributed by atoms with Crippen LogP contribution in [0.25, 0.3) is 16.6 Å². The smallest absolute Gasteiger partial charge is 0.416 e. The Labute approximate surface area is 395 Å². The highest BCUT2D eigenvalue weighted by atomic mass is 19.4. The van der Waals surface area contributed by atoms with E-state index >= 15 is 0 Å². The molecule has 3 aliphatic rings. The van der Waals surface area contributed by atoms with Crippen molar-refractivity contribution in [3.8, 4) is 11.4 Å². The first-order valence-electron chi connectivity index (χ1n) is 23.5. The second-order valence-electron chi connectivity index (χ2n) is 18.5. The molecular formula is C49H56F3N9O8. The summed E-state index contributed by atoms with van der Waals surface area (Å²) in [4.78, 5) is 81.8. The van der Waals surface area contributed by atoms with Crippen LogP contribution in [-0.4, -0.2) is 97.5 Å². The number of aryl methyl sites for hydroxylation is 1. The van der Waals surface area contributed by atoms with Crippen LogP contribution in [0.4, 0.5) is 24.7 Å². The number of methoxy groups -OCH3 is 1. The molecule has 8 rings (SSSR count). The molecule has 5 aromatic rings. The molecule has 1 saturated carbocycles. The van der Waals surface area contributed by atoms with Gasteiger partial charge in [0.25, 0.3) is 17.2 Å². The van der Waals surface area contributed by atoms with Crippen LogP contribution in [0.2, 0.25) is 0 Å². The van der Waals surface area contributed by atoms with Gasteiger partial charge in [0.15, 0.2) is 0 Å². The highest BCUT2D eigenvalue weighted by molar-refractivity contribution is 5.95. The normalized spacial score (nSPS) is 18.8. The number of likely N-dealkylation sites (tertiary alicyclic amines) is 2. The zero-order valence-corrected chi connectivity index (χ0v) is 38.8. The molecule has 17 nitrogen and oxygen atoms in total. The Morgan fingerprint density at radius 3 is 2.32 bits per heavy atom. The predicted octanol–water partition coefficient (Wildman–Crippen LogP) is 7.75. The number of fused-ring (bicyclic) bond motifs is 1. The summed E-state index contributed by atoms with van der Waals surface area (Å²) in [6.45, 7) is 7.21. The minimum Gasteiger partial charge on any atom is -0.495 e. The summed E-state index contributed by atoms with van der Waals surface area (Å²) in [5.41, 5.74) is -0.673. The van der Waals surface area contributed by atoms with E-state index in [1.165, 1.54) is 23.9 Å². The fraction of sp³-hybridized carbons (Fsp3) is 0.490. The number of hydrogen-bond donors (Lipinski definition) is 2. The van der Waals surface area contributed by atoms with E-state index in [1.807, 2.05) is 15.9 Å². The van der Waals surface area contributed by atoms with Crippen molar-refractivity contribution in [3.63, 3.8) is 0 Å². The second kappa shape index (κ2) is 20.9. The lowest BCUT2D eigenvalue weighted by atomic mass is 9.79. The topological polar surface area (TPSA) is 208 Å². The maximum atomic E-state index is 13.7. The Balaban J connectivity index is 0.765. The van der Waals surface area contributed by atoms with E-state index in [-0.39, 0.29) is 29.2 Å². The number of piperidine rings is 2. The maximum absolute atomic E-state index is 13.7. The van der Waals surface area contributed by atoms with Gasteiger partial charge in [0, 0.05) is 92.3 Å². The van der Waals surface area contributed by atoms with Gasteiger partial charge >= 0.3 is 11.9 Å². The fourth-order valence-electron chi connectivity index (χ4n) is 9.88. The molecule has 0 spiro atoms. The molecule has 0 unspecified atom stereocenters. The first kappa shape index (κ1) is 48.7. The van der Waals surface area contributed by atoms with E-state index in [0.717, 1.165) is 88.7 Å². The van der Waals surface area contributed by atoms with Crippen molar-refractivity contribution < 1.29 is 37.2 Å². The number of aromatic amines is 1. The number of nitro groups is 1. The minimum absolute atomic E-state index is 0.0641. The van der Waals surface area contributed by atoms with Gasteiger partial charge in [-0.25, -0.2) is 14.8 Å². The summed E-state index contributed by atoms with van der Waals surface area (Å²) in [5.74, 6) is 2.10. The number of alkyl halides is 3. The van der Waals surface area contributed by atoms with Gasteiger partial charge in [-0.2, -0.15) is 13.2 Å². The number of nitro benzene ring substituents is 1. The lowest BCUT2D eigenvalue weighted by molar-refractivity contribution is -0.385. The number of halogens is 3. The number of H-pyrrole nitrogens is 1. The van der Waals surface area contributed by atoms with Crippen molar-refractivity contribution in [3.05, 3.63) is 120 Å². The zero-order chi connectivity index (χ0) is 49.0. The van der Waals surface area contributed by atoms with Gasteiger partial charge in [0.05, 0.1) is 41.0 Å². The van der Waals surface area contributed by atoms with Crippen LogP contribution in [0.1, 0.15) is 110 Å². The van der Waals surface area contributed by atoms with Crippen molar-refractivity contribution in [2.24, 2.45) is 17.8 Å². The van der Waals surface area contributed by atoms with Gasteiger partial charge in [-0.15, -0.1) is 0 Å². The van der Waals surface area contributed by atoms with Crippen LogP contribution in [0.15, 0.2) is 70.5 Å². The van der Waals surface area contributed by atoms with Crippen molar-refractivity contribution >= 4 is 34.2 Å². The standard InChI is InChI=1S/C49H56F3N9O8/c1-29(36-22-37(49(50,51)52)25-38(23-36)61(66)67)54-45-39-26-40(53-27-41(39)55-30(2)56-45)33-4-6-34(7-5-33)46(63)58-16-10-31(11-17-58)15-21-69-28-32-12-18-59(19-13-32)47(64)35-8-9-43(68-3)42(24-35)60-20-14-44(62)57-48(60)65/h8-9,14,20,22-27,29,31-34H,4-7,10-13,15-19,21,28H2,1-3H3,(H,54,55,56)(H,57,62,65)/t29-,33?,34?/m1/s1. The van der Waals surface area contributed by atoms with E-state index in [1.54, 1.807) is 38.2 Å². The van der Waals surface area contributed by atoms with Crippen LogP contribution in [0.3, 0.4) is 0 Å². The van der Waals surface area contributed by atoms with Crippen LogP contribution in [0, 0.1) is 34.8 Å². The van der Waals surface area contributed by atoms with Gasteiger partial charge in [0.1, 0.15) is 17.4 Å². The average Bonchev–Trinajstić information content (AvgIpc) is 3.34. The fourth-order valence-corrected chi connectivity index (χ4v) is 9.88. The summed E-state index contributed by atoms with van der Waals surface area (Å²) in [6.07, 6.45) is 5.66. The van der Waals surface area contributed by atoms with Gasteiger partial charge in [-0.1, -0.05) is 0 Å². The zero-order valence-electron chi connectivity index (χ0n) is 38.8. The number of ether oxygens (including phenoxy) is 2. The summed E-state index contributed by atoms with van der Waals surface area (Å²) in [5, 5.41) is 15.3. The van der Waals surface area contributed by atoms with Gasteiger partial charge in [-0.05, 0) is 119 Å². The first-order chi connectivity index (χ1) is 33.0. The number of nitrogens with zero attached hydrogens (tertiary/aromatic N) is 7. The quantitative estimate of drug-likeness (QED) is 0.0622. The predicted molar refractivity (Wildman–Crippen MR) is 249 cm³/mol. The van der Waals surface area contributed by atoms with E-state index in [4.69, 9.17) is 14.5 Å². The van der Waals surface area contributed by atoms with Crippen molar-refractivity contribution in [1.29, 1.82) is 0 Å². The molecule has 2 saturated heterocycles. The molecule has 20 heteroatoms. The Hall–Kier alpha value is -6.70. The SMILES string of the molecule is COc1ccc(C(=O)N2CCC(COCCC3CCN(C(=O)C4CCC(c5cc6c(N[C@H](C)c7cc([N+](=O)[O-])cc(C(F)(F)F)c7)nc(C)nc6cn5)CC4)CC3)CC2)cc1-n1ccc(=O)[nH]c1=O. The van der Waals surface area contributed by atoms with Gasteiger partial charge in [-0.3, -0.25) is 39.0 Å². The number of aromatic nitrogens is 5. The molecule has 0 radical (unpaired) electrons. The van der Waals surface area contributed by atoms with Gasteiger partial charge < -0.3 is 24.6 Å². The number of pyridine rings is 1. The van der Waals surface area contributed by atoms with E-state index in [0.29, 0.717) is 83.8 Å². The third kappa shape index (κ3) is 11.4. The molecule has 2 aromatic carbocycles. The summed E-state index contributed by atoms with van der Waals surface area (Å²) < 4.78 is 53.7. The maximum Gasteiger partial charge on any atom is 0.416 e. The highest BCUT2D eigenvalue weighted by Crippen LogP contribution is 2.39. The monoisotopic (exact) mass is 955 g/mol. The molecule has 3 aromatic heterocycles. The number of benzene rings is 2. The second-order valence-corrected chi connectivity index (χ2v) is 18.5. The summed E-state index contributed by atoms with van der Waals surface area (Å²) in [7, 11) is 1.47. The van der Waals surface area contributed by atoms with E-state index in [9.17, 15) is 42.5 Å².